The first-order valence-electron chi connectivity index (χ1n) is 11.3. The molecule has 0 fully saturated rings. The molecule has 3 heterocycles. The van der Waals surface area contributed by atoms with E-state index in [9.17, 15) is 4.79 Å². The standard InChI is InChI=1S/C27H25N5OS2/c1-16-9-8-12-23(18(16)3)31-17(2)13-21(19(31)4)14-22-24(28)32-26(29-25(22)33)35-30-27(32)34-15-20-10-6-5-7-11-20/h5-14,28H,15H2,1-4H3/b22-14-,28-24?. The van der Waals surface area contributed by atoms with Gasteiger partial charge in [0.25, 0.3) is 5.91 Å². The molecular weight excluding hydrogens is 474 g/mol. The molecule has 2 aliphatic heterocycles. The van der Waals surface area contributed by atoms with Gasteiger partial charge in [-0.2, -0.15) is 9.39 Å². The maximum atomic E-state index is 12.9. The SMILES string of the molecule is Cc1cccc(-n2c(C)cc(/C=C3/C(=N)N4C(SCc5ccccc5)=NSC4=NC3=O)c2C)c1C. The molecule has 1 aromatic heterocycles. The van der Waals surface area contributed by atoms with Crippen LogP contribution >= 0.6 is 23.7 Å². The molecule has 0 bridgehead atoms. The highest BCUT2D eigenvalue weighted by atomic mass is 32.2. The minimum atomic E-state index is -0.408. The molecule has 0 aliphatic carbocycles. The van der Waals surface area contributed by atoms with Gasteiger partial charge in [-0.05, 0) is 68.2 Å². The monoisotopic (exact) mass is 499 g/mol. The van der Waals surface area contributed by atoms with Gasteiger partial charge in [-0.1, -0.05) is 54.2 Å². The van der Waals surface area contributed by atoms with Crippen LogP contribution in [0.5, 0.6) is 0 Å². The van der Waals surface area contributed by atoms with Crippen molar-refractivity contribution < 1.29 is 4.79 Å². The molecule has 0 saturated carbocycles. The van der Waals surface area contributed by atoms with Gasteiger partial charge in [0.15, 0.2) is 5.17 Å². The zero-order valence-electron chi connectivity index (χ0n) is 20.0. The van der Waals surface area contributed by atoms with Crippen molar-refractivity contribution in [2.24, 2.45) is 9.39 Å². The first-order valence-corrected chi connectivity index (χ1v) is 13.0. The lowest BCUT2D eigenvalue weighted by molar-refractivity contribution is -0.114. The van der Waals surface area contributed by atoms with Crippen molar-refractivity contribution in [3.05, 3.63) is 93.8 Å². The normalized spacial score (nSPS) is 16.6. The Morgan fingerprint density at radius 3 is 2.60 bits per heavy atom. The molecule has 6 nitrogen and oxygen atoms in total. The van der Waals surface area contributed by atoms with Crippen molar-refractivity contribution in [1.29, 1.82) is 5.41 Å². The Hall–Kier alpha value is -3.36. The van der Waals surface area contributed by atoms with Gasteiger partial charge in [0.1, 0.15) is 5.84 Å². The number of hydrogen-bond acceptors (Lipinski definition) is 5. The van der Waals surface area contributed by atoms with Crippen LogP contribution < -0.4 is 0 Å². The molecule has 0 unspecified atom stereocenters. The first-order chi connectivity index (χ1) is 16.8. The quantitative estimate of drug-likeness (QED) is 0.342. The number of carbonyl (C=O) groups is 1. The number of hydrogen-bond donors (Lipinski definition) is 1. The number of thioether (sulfide) groups is 1. The van der Waals surface area contributed by atoms with Crippen LogP contribution in [0.4, 0.5) is 0 Å². The molecule has 2 aliphatic rings. The summed E-state index contributed by atoms with van der Waals surface area (Å²) in [5, 5.41) is 9.97. The van der Waals surface area contributed by atoms with Crippen LogP contribution in [0.25, 0.3) is 11.8 Å². The Morgan fingerprint density at radius 1 is 1.06 bits per heavy atom. The predicted octanol–water partition coefficient (Wildman–Crippen LogP) is 6.22. The molecule has 0 saturated heterocycles. The fraction of sp³-hybridized carbons (Fsp3) is 0.185. The average Bonchev–Trinajstić information content (AvgIpc) is 3.37. The van der Waals surface area contributed by atoms with E-state index in [1.54, 1.807) is 11.0 Å². The zero-order valence-corrected chi connectivity index (χ0v) is 21.6. The molecule has 0 atom stereocenters. The molecule has 1 N–H and O–H groups in total. The van der Waals surface area contributed by atoms with E-state index in [4.69, 9.17) is 5.41 Å². The van der Waals surface area contributed by atoms with E-state index in [1.807, 2.05) is 25.1 Å². The third-order valence-electron chi connectivity index (χ3n) is 6.29. The fourth-order valence-corrected chi connectivity index (χ4v) is 6.05. The average molecular weight is 500 g/mol. The summed E-state index contributed by atoms with van der Waals surface area (Å²) in [4.78, 5) is 18.8. The Labute approximate surface area is 213 Å². The van der Waals surface area contributed by atoms with Crippen molar-refractivity contribution >= 4 is 51.9 Å². The smallest absolute Gasteiger partial charge is 0.283 e. The van der Waals surface area contributed by atoms with Crippen molar-refractivity contribution in [3.8, 4) is 5.69 Å². The number of aryl methyl sites for hydroxylation is 2. The lowest BCUT2D eigenvalue weighted by atomic mass is 10.1. The number of rotatable bonds is 4. The molecule has 1 amide bonds. The summed E-state index contributed by atoms with van der Waals surface area (Å²) < 4.78 is 6.69. The molecular formula is C27H25N5OS2. The van der Waals surface area contributed by atoms with Crippen LogP contribution in [0.2, 0.25) is 0 Å². The number of carbonyl (C=O) groups excluding carboxylic acids is 1. The van der Waals surface area contributed by atoms with Crippen molar-refractivity contribution in [2.75, 3.05) is 0 Å². The van der Waals surface area contributed by atoms with E-state index in [1.165, 1.54) is 28.5 Å². The van der Waals surface area contributed by atoms with Crippen LogP contribution in [0.3, 0.4) is 0 Å². The topological polar surface area (TPSA) is 73.8 Å². The summed E-state index contributed by atoms with van der Waals surface area (Å²) in [6, 6.07) is 18.5. The largest absolute Gasteiger partial charge is 0.318 e. The number of amidine groups is 3. The van der Waals surface area contributed by atoms with Crippen molar-refractivity contribution in [1.82, 2.24) is 9.47 Å². The van der Waals surface area contributed by atoms with Crippen molar-refractivity contribution in [2.45, 2.75) is 33.4 Å². The Bertz CT molecular complexity index is 1450. The number of aliphatic imine (C=N–C) groups is 1. The molecule has 0 spiro atoms. The molecule has 5 rings (SSSR count). The first kappa shape index (κ1) is 23.4. The van der Waals surface area contributed by atoms with E-state index in [0.717, 1.165) is 40.3 Å². The van der Waals surface area contributed by atoms with Gasteiger partial charge in [-0.3, -0.25) is 10.2 Å². The highest BCUT2D eigenvalue weighted by molar-refractivity contribution is 8.18. The number of fused-ring (bicyclic) bond motifs is 1. The van der Waals surface area contributed by atoms with Crippen LogP contribution in [0, 0.1) is 33.1 Å². The second kappa shape index (κ2) is 9.36. The molecule has 0 radical (unpaired) electrons. The van der Waals surface area contributed by atoms with Gasteiger partial charge in [-0.15, -0.1) is 0 Å². The predicted molar refractivity (Wildman–Crippen MR) is 147 cm³/mol. The van der Waals surface area contributed by atoms with Gasteiger partial charge in [-0.25, -0.2) is 4.90 Å². The molecule has 8 heteroatoms. The molecule has 35 heavy (non-hydrogen) atoms. The minimum Gasteiger partial charge on any atom is -0.318 e. The lowest BCUT2D eigenvalue weighted by Crippen LogP contribution is -2.41. The summed E-state index contributed by atoms with van der Waals surface area (Å²) in [5.74, 6) is 0.428. The van der Waals surface area contributed by atoms with E-state index in [-0.39, 0.29) is 11.4 Å². The number of nitrogens with one attached hydrogen (secondary N) is 1. The van der Waals surface area contributed by atoms with Crippen LogP contribution in [-0.2, 0) is 10.5 Å². The molecule has 3 aromatic rings. The summed E-state index contributed by atoms with van der Waals surface area (Å²) in [7, 11) is 0. The number of aromatic nitrogens is 1. The van der Waals surface area contributed by atoms with Crippen LogP contribution in [0.15, 0.2) is 69.6 Å². The number of amides is 1. The molecule has 2 aromatic carbocycles. The number of nitrogens with zero attached hydrogens (tertiary/aromatic N) is 4. The van der Waals surface area contributed by atoms with Gasteiger partial charge in [0.2, 0.25) is 5.17 Å². The second-order valence-corrected chi connectivity index (χ2v) is 10.2. The van der Waals surface area contributed by atoms with Crippen LogP contribution in [-0.4, -0.2) is 31.5 Å². The Morgan fingerprint density at radius 2 is 1.83 bits per heavy atom. The van der Waals surface area contributed by atoms with Gasteiger partial charge in [0, 0.05) is 22.8 Å². The van der Waals surface area contributed by atoms with E-state index in [2.05, 4.69) is 71.1 Å². The highest BCUT2D eigenvalue weighted by Gasteiger charge is 2.37. The summed E-state index contributed by atoms with van der Waals surface area (Å²) >= 11 is 2.68. The Balaban J connectivity index is 1.46. The highest BCUT2D eigenvalue weighted by Crippen LogP contribution is 2.34. The second-order valence-electron chi connectivity index (χ2n) is 8.56. The van der Waals surface area contributed by atoms with Gasteiger partial charge >= 0.3 is 0 Å². The summed E-state index contributed by atoms with van der Waals surface area (Å²) in [5.41, 5.74) is 7.99. The summed E-state index contributed by atoms with van der Waals surface area (Å²) in [6.07, 6.45) is 1.79. The Kier molecular flexibility index (Phi) is 6.25. The van der Waals surface area contributed by atoms with E-state index < -0.39 is 5.91 Å². The third-order valence-corrected chi connectivity index (χ3v) is 8.12. The maximum absolute atomic E-state index is 12.9. The van der Waals surface area contributed by atoms with Gasteiger partial charge < -0.3 is 4.57 Å². The van der Waals surface area contributed by atoms with E-state index >= 15 is 0 Å². The van der Waals surface area contributed by atoms with Crippen LogP contribution in [0.1, 0.15) is 33.6 Å². The number of benzene rings is 2. The van der Waals surface area contributed by atoms with Gasteiger partial charge in [0.05, 0.1) is 17.5 Å². The molecule has 176 valence electrons. The lowest BCUT2D eigenvalue weighted by Gasteiger charge is -2.24. The third kappa shape index (κ3) is 4.28. The fourth-order valence-electron chi connectivity index (χ4n) is 4.25. The van der Waals surface area contributed by atoms with E-state index in [0.29, 0.717) is 10.3 Å². The van der Waals surface area contributed by atoms with Crippen molar-refractivity contribution in [3.63, 3.8) is 0 Å². The summed E-state index contributed by atoms with van der Waals surface area (Å²) in [6.45, 7) is 8.33. The zero-order chi connectivity index (χ0) is 24.7. The maximum Gasteiger partial charge on any atom is 0.283 e. The minimum absolute atomic E-state index is 0.112.